The first kappa shape index (κ1) is 35.0. The Labute approximate surface area is 225 Å². The van der Waals surface area contributed by atoms with E-state index in [0.29, 0.717) is 23.1 Å². The summed E-state index contributed by atoms with van der Waals surface area (Å²) >= 11 is 2.86. The van der Waals surface area contributed by atoms with Gasteiger partial charge in [0.1, 0.15) is 5.84 Å². The molecule has 1 heterocycles. The van der Waals surface area contributed by atoms with Crippen LogP contribution in [0.15, 0.2) is 14.8 Å². The molecule has 0 aliphatic rings. The number of amidine groups is 1. The van der Waals surface area contributed by atoms with E-state index in [-0.39, 0.29) is 38.0 Å². The molecule has 0 spiro atoms. The molecule has 0 radical (unpaired) electrons. The molecule has 0 aliphatic carbocycles. The van der Waals surface area contributed by atoms with Crippen molar-refractivity contribution in [3.63, 3.8) is 0 Å². The van der Waals surface area contributed by atoms with Gasteiger partial charge in [-0.2, -0.15) is 25.2 Å². The molecule has 17 nitrogen and oxygen atoms in total. The van der Waals surface area contributed by atoms with Gasteiger partial charge in [0, 0.05) is 23.3 Å². The number of nitrogens with two attached hydrogens (primary N) is 4. The number of hydrogen-bond acceptors (Lipinski definition) is 11. The van der Waals surface area contributed by atoms with Crippen LogP contribution in [0, 0.1) is 0 Å². The summed E-state index contributed by atoms with van der Waals surface area (Å²) in [6, 6.07) is 0. The van der Waals surface area contributed by atoms with Crippen LogP contribution in [0.25, 0.3) is 0 Å². The van der Waals surface area contributed by atoms with Crippen molar-refractivity contribution in [2.75, 3.05) is 5.75 Å². The average molecular weight is 758 g/mol. The van der Waals surface area contributed by atoms with Crippen molar-refractivity contribution < 1.29 is 48.3 Å². The molecular weight excluding hydrogens is 731 g/mol. The van der Waals surface area contributed by atoms with Crippen LogP contribution in [-0.2, 0) is 30.3 Å². The van der Waals surface area contributed by atoms with Crippen LogP contribution in [0.4, 0.5) is 5.13 Å². The summed E-state index contributed by atoms with van der Waals surface area (Å²) in [4.78, 5) is 38.7. The van der Waals surface area contributed by atoms with Crippen molar-refractivity contribution in [2.24, 2.45) is 31.7 Å². The molecule has 2 atom stereocenters. The Bertz CT molecular complexity index is 1050. The van der Waals surface area contributed by atoms with Crippen molar-refractivity contribution in [1.29, 1.82) is 0 Å². The number of hydrogen-bond donors (Lipinski definition) is 9. The zero-order chi connectivity index (χ0) is 26.7. The van der Waals surface area contributed by atoms with Crippen LogP contribution in [-0.4, -0.2) is 112 Å². The molecule has 2 unspecified atom stereocenters. The summed E-state index contributed by atoms with van der Waals surface area (Å²) in [7, 11) is -3.92. The van der Waals surface area contributed by atoms with E-state index in [1.54, 1.807) is 0 Å². The summed E-state index contributed by atoms with van der Waals surface area (Å²) < 4.78 is 24.5. The normalized spacial score (nSPS) is 13.7. The van der Waals surface area contributed by atoms with Gasteiger partial charge in [-0.15, -0.1) is 15.7 Å². The number of aromatic nitrogens is 1. The van der Waals surface area contributed by atoms with E-state index in [1.165, 1.54) is 23.1 Å². The van der Waals surface area contributed by atoms with Gasteiger partial charge in [-0.05, 0) is 0 Å². The van der Waals surface area contributed by atoms with Gasteiger partial charge in [0.05, 0.1) is 12.1 Å². The summed E-state index contributed by atoms with van der Waals surface area (Å²) in [6.07, 6.45) is -3.78. The van der Waals surface area contributed by atoms with E-state index in [1.807, 2.05) is 5.38 Å². The Morgan fingerprint density at radius 1 is 1.20 bits per heavy atom. The summed E-state index contributed by atoms with van der Waals surface area (Å²) in [5.41, 5.74) is 13.5. The molecule has 0 saturated carbocycles. The Hall–Kier alpha value is -2.16. The summed E-state index contributed by atoms with van der Waals surface area (Å²) in [6.45, 7) is 0. The van der Waals surface area contributed by atoms with E-state index >= 15 is 0 Å². The first-order valence-electron chi connectivity index (χ1n) is 8.55. The second-order valence-electron chi connectivity index (χ2n) is 6.10. The predicted octanol–water partition coefficient (Wildman–Crippen LogP) is -4.23. The van der Waals surface area contributed by atoms with Gasteiger partial charge >= 0.3 is 54.3 Å². The van der Waals surface area contributed by atoms with Gasteiger partial charge in [0.15, 0.2) is 12.1 Å². The Morgan fingerprint density at radius 2 is 1.77 bits per heavy atom. The number of aliphatic hydroxyl groups is 2. The molecular formula is C14H26BiN7O10S3. The van der Waals surface area contributed by atoms with Crippen molar-refractivity contribution >= 4 is 94.3 Å². The number of carboxylic acid groups (broad SMARTS) is 3. The number of thioether (sulfide) groups is 1. The second-order valence-corrected chi connectivity index (χ2v) is 9.25. The summed E-state index contributed by atoms with van der Waals surface area (Å²) in [5, 5.41) is 49.7. The fourth-order valence-electron chi connectivity index (χ4n) is 1.81. The summed E-state index contributed by atoms with van der Waals surface area (Å²) in [5.74, 6) is -4.69. The number of carbonyl (C=O) groups is 3. The van der Waals surface area contributed by atoms with Gasteiger partial charge in [0.25, 0.3) is 0 Å². The van der Waals surface area contributed by atoms with E-state index in [0.717, 1.165) is 5.69 Å². The van der Waals surface area contributed by atoms with Crippen molar-refractivity contribution in [3.8, 4) is 0 Å². The Kier molecular flexibility index (Phi) is 15.8. The third-order valence-electron chi connectivity index (χ3n) is 3.24. The van der Waals surface area contributed by atoms with Crippen molar-refractivity contribution in [2.45, 2.75) is 30.3 Å². The van der Waals surface area contributed by atoms with Crippen molar-refractivity contribution in [1.82, 2.24) is 4.98 Å². The van der Waals surface area contributed by atoms with Crippen LogP contribution in [0.3, 0.4) is 0 Å². The maximum absolute atomic E-state index is 10.6. The molecule has 1 aromatic heterocycles. The monoisotopic (exact) mass is 757 g/mol. The molecule has 0 aliphatic heterocycles. The number of aliphatic carboxylic acids is 3. The van der Waals surface area contributed by atoms with E-state index in [4.69, 9.17) is 47.9 Å². The molecule has 35 heavy (non-hydrogen) atoms. The molecule has 0 bridgehead atoms. The van der Waals surface area contributed by atoms with Crippen molar-refractivity contribution in [3.05, 3.63) is 11.1 Å². The number of aliphatic imine (C=N–C) groups is 1. The number of aliphatic hydroxyl groups excluding tert-OH is 1. The van der Waals surface area contributed by atoms with Gasteiger partial charge < -0.3 is 42.7 Å². The molecule has 0 saturated heterocycles. The number of nitrogens with zero attached hydrogens (tertiary/aromatic N) is 3. The molecule has 0 aromatic carbocycles. The fraction of sp³-hybridized carbons (Fsp3) is 0.429. The standard InChI is InChI=1S/C8H15N7O2S3.C6H8O8.Bi.3H/c9-6(15-20(12,16)17)1-2-18-3-5-4-19-8(13-5)14-7(10)11;7-2(8)1-6(14,5(12)13)3(9)4(10)11;;;;/h4H,1-3H2,(H2,9,15)(H2,12,16,17)(H4,10,11,13,14);3,9,14H,1H2,(H,7,8)(H,10,11)(H,12,13);;;;. The third-order valence-corrected chi connectivity index (χ3v) is 5.50. The van der Waals surface area contributed by atoms with Crippen LogP contribution in [0.5, 0.6) is 0 Å². The van der Waals surface area contributed by atoms with Gasteiger partial charge in [-0.1, -0.05) is 0 Å². The molecule has 0 fully saturated rings. The fourth-order valence-corrected chi connectivity index (χ4v) is 3.90. The number of guanidine groups is 1. The molecule has 1 rings (SSSR count). The van der Waals surface area contributed by atoms with Crippen LogP contribution in [0.1, 0.15) is 18.5 Å². The van der Waals surface area contributed by atoms with Gasteiger partial charge in [-0.25, -0.2) is 19.7 Å². The Morgan fingerprint density at radius 3 is 2.20 bits per heavy atom. The number of thiazole rings is 1. The zero-order valence-electron chi connectivity index (χ0n) is 17.8. The first-order valence-corrected chi connectivity index (χ1v) is 12.1. The van der Waals surface area contributed by atoms with Crippen LogP contribution < -0.4 is 22.3 Å². The van der Waals surface area contributed by atoms with E-state index in [2.05, 4.69) is 14.4 Å². The SMILES string of the molecule is NC(N)=Nc1nc(CSCCC(N)=NS(N)(=O)=O)cs1.O=C(O)CC(O)(C(=O)O)C(O)C(=O)O.[BiH3]. The molecule has 200 valence electrons. The molecule has 0 amide bonds. The zero-order valence-corrected chi connectivity index (χ0v) is 25.8. The predicted molar refractivity (Wildman–Crippen MR) is 132 cm³/mol. The molecule has 21 heteroatoms. The Balaban J connectivity index is 0. The quantitative estimate of drug-likeness (QED) is 0.0422. The van der Waals surface area contributed by atoms with E-state index < -0.39 is 46.2 Å². The van der Waals surface area contributed by atoms with Gasteiger partial charge in [0.2, 0.25) is 10.7 Å². The maximum atomic E-state index is 10.6. The average Bonchev–Trinajstić information content (AvgIpc) is 3.09. The van der Waals surface area contributed by atoms with Crippen LogP contribution in [0.2, 0.25) is 0 Å². The van der Waals surface area contributed by atoms with Crippen LogP contribution >= 0.6 is 23.1 Å². The first-order chi connectivity index (χ1) is 15.5. The topological polar surface area (TPSA) is 328 Å². The second kappa shape index (κ2) is 15.8. The molecule has 1 aromatic rings. The van der Waals surface area contributed by atoms with Gasteiger partial charge in [-0.3, -0.25) is 4.79 Å². The van der Waals surface area contributed by atoms with E-state index in [9.17, 15) is 22.8 Å². The third kappa shape index (κ3) is 14.8. The minimum atomic E-state index is -3.92. The number of carboxylic acids is 3. The number of rotatable bonds is 12. The molecule has 13 N–H and O–H groups in total. The minimum absolute atomic E-state index is 0.